The van der Waals surface area contributed by atoms with Crippen LogP contribution in [0.3, 0.4) is 0 Å². The van der Waals surface area contributed by atoms with Gasteiger partial charge in [-0.25, -0.2) is 0 Å². The van der Waals surface area contributed by atoms with E-state index in [2.05, 4.69) is 45.5 Å². The van der Waals surface area contributed by atoms with Gasteiger partial charge in [0.25, 0.3) is 0 Å². The molecule has 0 aliphatic carbocycles. The van der Waals surface area contributed by atoms with E-state index in [9.17, 15) is 0 Å². The fourth-order valence-electron chi connectivity index (χ4n) is 2.86. The maximum absolute atomic E-state index is 4.54. The van der Waals surface area contributed by atoms with Crippen molar-refractivity contribution in [3.8, 4) is 0 Å². The van der Waals surface area contributed by atoms with Crippen LogP contribution in [0.1, 0.15) is 24.1 Å². The number of likely N-dealkylation sites (tertiary alicyclic amines) is 1. The summed E-state index contributed by atoms with van der Waals surface area (Å²) in [5.41, 5.74) is 3.50. The molecule has 1 fully saturated rings. The molecule has 1 aromatic carbocycles. The largest absolute Gasteiger partial charge is 0.311 e. The molecule has 0 radical (unpaired) electrons. The quantitative estimate of drug-likeness (QED) is 0.846. The van der Waals surface area contributed by atoms with Crippen LogP contribution in [0, 0.1) is 6.92 Å². The predicted octanol–water partition coefficient (Wildman–Crippen LogP) is 2.73. The molecule has 0 bridgehead atoms. The fourth-order valence-corrected chi connectivity index (χ4v) is 2.86. The van der Waals surface area contributed by atoms with Crippen LogP contribution < -0.4 is 5.32 Å². The van der Waals surface area contributed by atoms with Crippen LogP contribution in [0.5, 0.6) is 0 Å². The van der Waals surface area contributed by atoms with Crippen molar-refractivity contribution in [2.45, 2.75) is 26.3 Å². The summed E-state index contributed by atoms with van der Waals surface area (Å²) in [4.78, 5) is 7.08. The monoisotopic (exact) mass is 269 g/mol. The van der Waals surface area contributed by atoms with E-state index < -0.39 is 0 Å². The van der Waals surface area contributed by atoms with Gasteiger partial charge in [-0.2, -0.15) is 0 Å². The van der Waals surface area contributed by atoms with Gasteiger partial charge in [-0.3, -0.25) is 4.98 Å². The molecule has 20 heavy (non-hydrogen) atoms. The van der Waals surface area contributed by atoms with Crippen molar-refractivity contribution in [3.05, 3.63) is 41.6 Å². The molecular weight excluding hydrogens is 246 g/mol. The van der Waals surface area contributed by atoms with Gasteiger partial charge >= 0.3 is 0 Å². The number of rotatable bonds is 5. The highest BCUT2D eigenvalue weighted by molar-refractivity contribution is 5.79. The molecule has 0 saturated carbocycles. The lowest BCUT2D eigenvalue weighted by atomic mass is 10.1. The minimum absolute atomic E-state index is 0.942. The topological polar surface area (TPSA) is 28.2 Å². The molecule has 0 unspecified atom stereocenters. The highest BCUT2D eigenvalue weighted by Gasteiger charge is 2.09. The third-order valence-corrected chi connectivity index (χ3v) is 4.03. The normalized spacial score (nSPS) is 16.1. The average molecular weight is 269 g/mol. The summed E-state index contributed by atoms with van der Waals surface area (Å²) >= 11 is 0. The van der Waals surface area contributed by atoms with Crippen molar-refractivity contribution < 1.29 is 0 Å². The highest BCUT2D eigenvalue weighted by Crippen LogP contribution is 2.14. The molecule has 1 aromatic heterocycles. The van der Waals surface area contributed by atoms with Gasteiger partial charge in [0.15, 0.2) is 0 Å². The molecule has 2 heterocycles. The molecule has 1 aliphatic heterocycles. The van der Waals surface area contributed by atoms with Gasteiger partial charge in [-0.1, -0.05) is 12.1 Å². The second kappa shape index (κ2) is 6.33. The first kappa shape index (κ1) is 13.5. The summed E-state index contributed by atoms with van der Waals surface area (Å²) in [5, 5.41) is 4.77. The summed E-state index contributed by atoms with van der Waals surface area (Å²) in [6, 6.07) is 10.8. The number of hydrogen-bond acceptors (Lipinski definition) is 3. The Bertz CT molecular complexity index is 573. The van der Waals surface area contributed by atoms with E-state index in [0.717, 1.165) is 24.3 Å². The van der Waals surface area contributed by atoms with Crippen molar-refractivity contribution in [1.82, 2.24) is 15.2 Å². The SMILES string of the molecule is Cc1ccc2cc(CNCCN3CCCC3)ccc2n1. The number of nitrogens with zero attached hydrogens (tertiary/aromatic N) is 2. The molecule has 2 aromatic rings. The molecule has 1 N–H and O–H groups in total. The van der Waals surface area contributed by atoms with Crippen LogP contribution in [-0.2, 0) is 6.54 Å². The third kappa shape index (κ3) is 3.35. The Morgan fingerprint density at radius 2 is 2.00 bits per heavy atom. The first-order valence-corrected chi connectivity index (χ1v) is 7.61. The number of hydrogen-bond donors (Lipinski definition) is 1. The first-order valence-electron chi connectivity index (χ1n) is 7.61. The van der Waals surface area contributed by atoms with Crippen LogP contribution in [0.2, 0.25) is 0 Å². The van der Waals surface area contributed by atoms with Crippen molar-refractivity contribution in [1.29, 1.82) is 0 Å². The summed E-state index contributed by atoms with van der Waals surface area (Å²) < 4.78 is 0. The summed E-state index contributed by atoms with van der Waals surface area (Å²) in [5.74, 6) is 0. The first-order chi connectivity index (χ1) is 9.81. The van der Waals surface area contributed by atoms with E-state index in [1.165, 1.54) is 43.4 Å². The Balaban J connectivity index is 1.53. The van der Waals surface area contributed by atoms with Crippen LogP contribution in [0.25, 0.3) is 10.9 Å². The average Bonchev–Trinajstić information content (AvgIpc) is 2.97. The molecular formula is C17H23N3. The van der Waals surface area contributed by atoms with Gasteiger partial charge in [0.1, 0.15) is 0 Å². The fraction of sp³-hybridized carbons (Fsp3) is 0.471. The zero-order valence-corrected chi connectivity index (χ0v) is 12.2. The Morgan fingerprint density at radius 1 is 1.15 bits per heavy atom. The second-order valence-electron chi connectivity index (χ2n) is 5.71. The Labute approximate surface area is 121 Å². The lowest BCUT2D eigenvalue weighted by Gasteiger charge is -2.14. The minimum Gasteiger partial charge on any atom is -0.311 e. The molecule has 1 aliphatic rings. The molecule has 1 saturated heterocycles. The second-order valence-corrected chi connectivity index (χ2v) is 5.71. The van der Waals surface area contributed by atoms with Crippen LogP contribution in [0.4, 0.5) is 0 Å². The number of aryl methyl sites for hydroxylation is 1. The Morgan fingerprint density at radius 3 is 2.85 bits per heavy atom. The number of nitrogens with one attached hydrogen (secondary N) is 1. The maximum atomic E-state index is 4.54. The molecule has 3 heteroatoms. The molecule has 0 spiro atoms. The smallest absolute Gasteiger partial charge is 0.0705 e. The predicted molar refractivity (Wildman–Crippen MR) is 83.9 cm³/mol. The van der Waals surface area contributed by atoms with Gasteiger partial charge < -0.3 is 10.2 Å². The van der Waals surface area contributed by atoms with E-state index in [1.807, 2.05) is 6.92 Å². The lowest BCUT2D eigenvalue weighted by molar-refractivity contribution is 0.335. The Hall–Kier alpha value is -1.45. The van der Waals surface area contributed by atoms with Crippen LogP contribution in [0.15, 0.2) is 30.3 Å². The van der Waals surface area contributed by atoms with Gasteiger partial charge in [-0.15, -0.1) is 0 Å². The number of fused-ring (bicyclic) bond motifs is 1. The zero-order chi connectivity index (χ0) is 13.8. The van der Waals surface area contributed by atoms with E-state index in [4.69, 9.17) is 0 Å². The summed E-state index contributed by atoms with van der Waals surface area (Å²) in [6.45, 7) is 7.79. The van der Waals surface area contributed by atoms with Crippen molar-refractivity contribution in [2.75, 3.05) is 26.2 Å². The van der Waals surface area contributed by atoms with Crippen molar-refractivity contribution in [3.63, 3.8) is 0 Å². The van der Waals surface area contributed by atoms with E-state index >= 15 is 0 Å². The highest BCUT2D eigenvalue weighted by atomic mass is 15.1. The number of pyridine rings is 1. The van der Waals surface area contributed by atoms with Gasteiger partial charge in [0.05, 0.1) is 5.52 Å². The molecule has 0 amide bonds. The Kier molecular flexibility index (Phi) is 4.28. The van der Waals surface area contributed by atoms with Crippen LogP contribution >= 0.6 is 0 Å². The molecule has 106 valence electrons. The standard InChI is InChI=1S/C17H23N3/c1-14-4-6-16-12-15(5-7-17(16)19-14)13-18-8-11-20-9-2-3-10-20/h4-7,12,18H,2-3,8-11,13H2,1H3. The van der Waals surface area contributed by atoms with Gasteiger partial charge in [-0.05, 0) is 56.6 Å². The van der Waals surface area contributed by atoms with Gasteiger partial charge in [0, 0.05) is 30.7 Å². The van der Waals surface area contributed by atoms with Crippen molar-refractivity contribution >= 4 is 10.9 Å². The van der Waals surface area contributed by atoms with Crippen LogP contribution in [-0.4, -0.2) is 36.1 Å². The van der Waals surface area contributed by atoms with E-state index in [0.29, 0.717) is 0 Å². The zero-order valence-electron chi connectivity index (χ0n) is 12.2. The molecule has 0 atom stereocenters. The maximum Gasteiger partial charge on any atom is 0.0705 e. The van der Waals surface area contributed by atoms with E-state index in [1.54, 1.807) is 0 Å². The number of benzene rings is 1. The molecule has 3 rings (SSSR count). The number of aromatic nitrogens is 1. The van der Waals surface area contributed by atoms with Gasteiger partial charge in [0.2, 0.25) is 0 Å². The minimum atomic E-state index is 0.942. The third-order valence-electron chi connectivity index (χ3n) is 4.03. The summed E-state index contributed by atoms with van der Waals surface area (Å²) in [7, 11) is 0. The lowest BCUT2D eigenvalue weighted by Crippen LogP contribution is -2.29. The van der Waals surface area contributed by atoms with Crippen molar-refractivity contribution in [2.24, 2.45) is 0 Å². The van der Waals surface area contributed by atoms with E-state index in [-0.39, 0.29) is 0 Å². The summed E-state index contributed by atoms with van der Waals surface area (Å²) in [6.07, 6.45) is 2.74. The molecule has 3 nitrogen and oxygen atoms in total.